The number of nitrogens with zero attached hydrogens (tertiary/aromatic N) is 1. The fraction of sp³-hybridized carbons (Fsp3) is 0.250. The van der Waals surface area contributed by atoms with Gasteiger partial charge in [0.1, 0.15) is 0 Å². The van der Waals surface area contributed by atoms with Gasteiger partial charge in [-0.2, -0.15) is 13.2 Å². The molecule has 0 aliphatic heterocycles. The topological polar surface area (TPSA) is 38.9 Å². The van der Waals surface area contributed by atoms with Crippen LogP contribution in [0.5, 0.6) is 0 Å². The third-order valence-electron chi connectivity index (χ3n) is 2.38. The highest BCUT2D eigenvalue weighted by atomic mass is 32.2. The molecule has 1 aromatic heterocycles. The van der Waals surface area contributed by atoms with Crippen LogP contribution in [-0.2, 0) is 12.7 Å². The summed E-state index contributed by atoms with van der Waals surface area (Å²) >= 11 is 2.36. The molecule has 0 bridgehead atoms. The van der Waals surface area contributed by atoms with E-state index in [0.717, 1.165) is 23.5 Å². The molecule has 0 saturated carbocycles. The number of aryl methyl sites for hydroxylation is 1. The molecule has 102 valence electrons. The lowest BCUT2D eigenvalue weighted by Crippen LogP contribution is -2.08. The first-order valence-electron chi connectivity index (χ1n) is 5.40. The molecule has 1 heterocycles. The highest BCUT2D eigenvalue weighted by Gasteiger charge is 2.34. The van der Waals surface area contributed by atoms with Crippen LogP contribution in [0.4, 0.5) is 13.2 Å². The second-order valence-electron chi connectivity index (χ2n) is 3.89. The molecule has 19 heavy (non-hydrogen) atoms. The van der Waals surface area contributed by atoms with Gasteiger partial charge in [-0.05, 0) is 24.6 Å². The average Bonchev–Trinajstić information content (AvgIpc) is 2.74. The summed E-state index contributed by atoms with van der Waals surface area (Å²) in [7, 11) is 0. The monoisotopic (exact) mass is 304 g/mol. The quantitative estimate of drug-likeness (QED) is 0.928. The Morgan fingerprint density at radius 3 is 2.63 bits per heavy atom. The molecule has 2 rings (SSSR count). The van der Waals surface area contributed by atoms with E-state index in [4.69, 9.17) is 5.73 Å². The Labute approximate surface area is 116 Å². The van der Waals surface area contributed by atoms with Crippen molar-refractivity contribution >= 4 is 23.1 Å². The van der Waals surface area contributed by atoms with E-state index in [1.165, 1.54) is 17.4 Å². The third kappa shape index (κ3) is 3.49. The predicted octanol–water partition coefficient (Wildman–Crippen LogP) is 4.08. The Hall–Kier alpha value is -1.05. The Kier molecular flexibility index (Phi) is 4.17. The summed E-state index contributed by atoms with van der Waals surface area (Å²) in [4.78, 5) is 4.31. The van der Waals surface area contributed by atoms with Crippen LogP contribution in [0.25, 0.3) is 0 Å². The standard InChI is InChI=1S/C12H11F3N2S2/c1-7-6-18-11(17-7)19-10-3-2-8(5-16)4-9(10)12(13,14)15/h2-4,6H,5,16H2,1H3. The first kappa shape index (κ1) is 14.4. The molecule has 0 aliphatic rings. The Morgan fingerprint density at radius 1 is 1.37 bits per heavy atom. The number of hydrogen-bond acceptors (Lipinski definition) is 4. The van der Waals surface area contributed by atoms with Crippen molar-refractivity contribution in [2.75, 3.05) is 0 Å². The molecular formula is C12H11F3N2S2. The molecule has 2 N–H and O–H groups in total. The van der Waals surface area contributed by atoms with Gasteiger partial charge in [0.25, 0.3) is 0 Å². The summed E-state index contributed by atoms with van der Waals surface area (Å²) in [5.74, 6) is 0. The van der Waals surface area contributed by atoms with Gasteiger partial charge in [-0.15, -0.1) is 11.3 Å². The molecule has 0 unspecified atom stereocenters. The smallest absolute Gasteiger partial charge is 0.326 e. The molecule has 0 radical (unpaired) electrons. The lowest BCUT2D eigenvalue weighted by Gasteiger charge is -2.12. The Morgan fingerprint density at radius 2 is 2.11 bits per heavy atom. The predicted molar refractivity (Wildman–Crippen MR) is 70.3 cm³/mol. The molecular weight excluding hydrogens is 293 g/mol. The number of hydrogen-bond donors (Lipinski definition) is 1. The second kappa shape index (κ2) is 5.52. The Balaban J connectivity index is 2.39. The SMILES string of the molecule is Cc1csc(Sc2ccc(CN)cc2C(F)(F)F)n1. The molecule has 0 spiro atoms. The zero-order chi connectivity index (χ0) is 14.0. The summed E-state index contributed by atoms with van der Waals surface area (Å²) in [5, 5.41) is 1.81. The van der Waals surface area contributed by atoms with Crippen LogP contribution < -0.4 is 5.73 Å². The summed E-state index contributed by atoms with van der Waals surface area (Å²) in [6.07, 6.45) is -4.39. The maximum absolute atomic E-state index is 13.0. The first-order chi connectivity index (χ1) is 8.90. The molecule has 7 heteroatoms. The minimum absolute atomic E-state index is 0.0877. The molecule has 2 aromatic rings. The van der Waals surface area contributed by atoms with E-state index < -0.39 is 11.7 Å². The van der Waals surface area contributed by atoms with Crippen LogP contribution in [0, 0.1) is 6.92 Å². The van der Waals surface area contributed by atoms with Gasteiger partial charge < -0.3 is 5.73 Å². The number of halogens is 3. The van der Waals surface area contributed by atoms with Crippen molar-refractivity contribution < 1.29 is 13.2 Å². The first-order valence-corrected chi connectivity index (χ1v) is 7.10. The number of benzene rings is 1. The van der Waals surface area contributed by atoms with Gasteiger partial charge in [0.15, 0.2) is 4.34 Å². The van der Waals surface area contributed by atoms with Crippen molar-refractivity contribution in [1.29, 1.82) is 0 Å². The summed E-state index contributed by atoms with van der Waals surface area (Å²) < 4.78 is 39.6. The number of rotatable bonds is 3. The van der Waals surface area contributed by atoms with Crippen molar-refractivity contribution in [3.63, 3.8) is 0 Å². The zero-order valence-corrected chi connectivity index (χ0v) is 11.6. The molecule has 2 nitrogen and oxygen atoms in total. The Bertz CT molecular complexity index is 579. The molecule has 0 fully saturated rings. The van der Waals surface area contributed by atoms with Crippen LogP contribution >= 0.6 is 23.1 Å². The van der Waals surface area contributed by atoms with Gasteiger partial charge >= 0.3 is 6.18 Å². The van der Waals surface area contributed by atoms with Crippen molar-refractivity contribution in [3.8, 4) is 0 Å². The van der Waals surface area contributed by atoms with E-state index in [1.54, 1.807) is 6.07 Å². The molecule has 1 aromatic carbocycles. The average molecular weight is 304 g/mol. The number of aromatic nitrogens is 1. The van der Waals surface area contributed by atoms with Crippen molar-refractivity contribution in [2.24, 2.45) is 5.73 Å². The van der Waals surface area contributed by atoms with Crippen LogP contribution in [0.3, 0.4) is 0 Å². The molecule has 0 aliphatic carbocycles. The van der Waals surface area contributed by atoms with Crippen LogP contribution in [0.2, 0.25) is 0 Å². The lowest BCUT2D eigenvalue weighted by molar-refractivity contribution is -0.139. The maximum atomic E-state index is 13.0. The minimum atomic E-state index is -4.39. The molecule has 0 amide bonds. The summed E-state index contributed by atoms with van der Waals surface area (Å²) in [6, 6.07) is 4.16. The molecule has 0 atom stereocenters. The highest BCUT2D eigenvalue weighted by Crippen LogP contribution is 2.40. The van der Waals surface area contributed by atoms with Gasteiger partial charge in [0, 0.05) is 22.5 Å². The van der Waals surface area contributed by atoms with E-state index in [2.05, 4.69) is 4.98 Å². The van der Waals surface area contributed by atoms with Crippen LogP contribution in [0.1, 0.15) is 16.8 Å². The zero-order valence-electron chi connectivity index (χ0n) is 9.99. The highest BCUT2D eigenvalue weighted by molar-refractivity contribution is 8.01. The summed E-state index contributed by atoms with van der Waals surface area (Å²) in [6.45, 7) is 1.90. The summed E-state index contributed by atoms with van der Waals surface area (Å²) in [5.41, 5.74) is 5.99. The fourth-order valence-electron chi connectivity index (χ4n) is 1.49. The van der Waals surface area contributed by atoms with E-state index in [1.807, 2.05) is 12.3 Å². The van der Waals surface area contributed by atoms with Crippen molar-refractivity contribution in [3.05, 3.63) is 40.4 Å². The van der Waals surface area contributed by atoms with Crippen molar-refractivity contribution in [1.82, 2.24) is 4.98 Å². The number of alkyl halides is 3. The second-order valence-corrected chi connectivity index (χ2v) is 6.04. The van der Waals surface area contributed by atoms with Crippen LogP contribution in [-0.4, -0.2) is 4.98 Å². The van der Waals surface area contributed by atoms with Gasteiger partial charge in [0.2, 0.25) is 0 Å². The van der Waals surface area contributed by atoms with E-state index in [0.29, 0.717) is 9.90 Å². The largest absolute Gasteiger partial charge is 0.417 e. The number of nitrogens with two attached hydrogens (primary N) is 1. The van der Waals surface area contributed by atoms with E-state index >= 15 is 0 Å². The van der Waals surface area contributed by atoms with Crippen molar-refractivity contribution in [2.45, 2.75) is 28.9 Å². The van der Waals surface area contributed by atoms with E-state index in [-0.39, 0.29) is 11.4 Å². The fourth-order valence-corrected chi connectivity index (χ4v) is 3.41. The van der Waals surface area contributed by atoms with Gasteiger partial charge in [-0.3, -0.25) is 0 Å². The van der Waals surface area contributed by atoms with E-state index in [9.17, 15) is 13.2 Å². The minimum Gasteiger partial charge on any atom is -0.326 e. The van der Waals surface area contributed by atoms with Gasteiger partial charge in [-0.25, -0.2) is 4.98 Å². The lowest BCUT2D eigenvalue weighted by atomic mass is 10.1. The number of thiazole rings is 1. The normalized spacial score (nSPS) is 11.8. The molecule has 0 saturated heterocycles. The van der Waals surface area contributed by atoms with Gasteiger partial charge in [-0.1, -0.05) is 17.8 Å². The van der Waals surface area contributed by atoms with Crippen LogP contribution in [0.15, 0.2) is 32.8 Å². The maximum Gasteiger partial charge on any atom is 0.417 e. The van der Waals surface area contributed by atoms with Gasteiger partial charge in [0.05, 0.1) is 5.56 Å². The third-order valence-corrected chi connectivity index (χ3v) is 4.51.